The highest BCUT2D eigenvalue weighted by atomic mass is 32.2. The van der Waals surface area contributed by atoms with Crippen molar-refractivity contribution in [2.75, 3.05) is 42.9 Å². The smallest absolute Gasteiger partial charge is 0.246 e. The quantitative estimate of drug-likeness (QED) is 0.832. The van der Waals surface area contributed by atoms with Crippen LogP contribution in [0.5, 0.6) is 0 Å². The summed E-state index contributed by atoms with van der Waals surface area (Å²) in [6.07, 6.45) is 0. The van der Waals surface area contributed by atoms with Gasteiger partial charge >= 0.3 is 0 Å². The third-order valence-corrected chi connectivity index (χ3v) is 6.17. The number of anilines is 2. The van der Waals surface area contributed by atoms with Crippen LogP contribution in [0.3, 0.4) is 0 Å². The van der Waals surface area contributed by atoms with Crippen LogP contribution >= 0.6 is 0 Å². The third kappa shape index (κ3) is 4.16. The van der Waals surface area contributed by atoms with Crippen molar-refractivity contribution in [1.29, 1.82) is 0 Å². The molecule has 27 heavy (non-hydrogen) atoms. The van der Waals surface area contributed by atoms with Crippen molar-refractivity contribution < 1.29 is 17.2 Å². The highest BCUT2D eigenvalue weighted by molar-refractivity contribution is 7.89. The van der Waals surface area contributed by atoms with Crippen molar-refractivity contribution in [3.63, 3.8) is 0 Å². The lowest BCUT2D eigenvalue weighted by molar-refractivity contribution is 0.380. The molecule has 0 bridgehead atoms. The number of rotatable bonds is 5. The third-order valence-electron chi connectivity index (χ3n) is 4.23. The summed E-state index contributed by atoms with van der Waals surface area (Å²) in [5, 5.41) is 3.14. The molecule has 0 aliphatic carbocycles. The molecule has 0 amide bonds. The maximum Gasteiger partial charge on any atom is 0.246 e. The Morgan fingerprint density at radius 2 is 1.81 bits per heavy atom. The number of aryl methyl sites for hydroxylation is 1. The van der Waals surface area contributed by atoms with Crippen LogP contribution in [-0.2, 0) is 10.0 Å². The summed E-state index contributed by atoms with van der Waals surface area (Å²) in [6, 6.07) is 4.31. The first-order chi connectivity index (χ1) is 12.8. The van der Waals surface area contributed by atoms with Gasteiger partial charge in [0, 0.05) is 50.6 Å². The van der Waals surface area contributed by atoms with Crippen molar-refractivity contribution in [2.45, 2.75) is 18.7 Å². The fourth-order valence-corrected chi connectivity index (χ4v) is 4.39. The summed E-state index contributed by atoms with van der Waals surface area (Å²) in [5.74, 6) is -0.668. The molecule has 0 spiro atoms. The van der Waals surface area contributed by atoms with Gasteiger partial charge in [-0.05, 0) is 26.0 Å². The van der Waals surface area contributed by atoms with Gasteiger partial charge in [0.2, 0.25) is 16.0 Å². The van der Waals surface area contributed by atoms with E-state index in [-0.39, 0.29) is 13.1 Å². The fraction of sp³-hybridized carbons (Fsp3) is 0.412. The van der Waals surface area contributed by atoms with Gasteiger partial charge in [-0.15, -0.1) is 0 Å². The lowest BCUT2D eigenvalue weighted by atomic mass is 10.3. The van der Waals surface area contributed by atoms with E-state index in [4.69, 9.17) is 0 Å². The van der Waals surface area contributed by atoms with E-state index in [1.165, 1.54) is 4.31 Å². The van der Waals surface area contributed by atoms with Crippen LogP contribution in [-0.4, -0.2) is 55.4 Å². The molecule has 0 unspecified atom stereocenters. The van der Waals surface area contributed by atoms with Gasteiger partial charge in [0.1, 0.15) is 22.3 Å². The summed E-state index contributed by atoms with van der Waals surface area (Å²) in [7, 11) is -4.03. The van der Waals surface area contributed by atoms with Crippen LogP contribution in [0.15, 0.2) is 29.2 Å². The maximum absolute atomic E-state index is 13.9. The second-order valence-electron chi connectivity index (χ2n) is 6.19. The summed E-state index contributed by atoms with van der Waals surface area (Å²) in [5.41, 5.74) is 0.805. The number of nitrogens with one attached hydrogen (secondary N) is 1. The molecular formula is C17H21F2N5O2S. The van der Waals surface area contributed by atoms with E-state index in [9.17, 15) is 17.2 Å². The molecule has 7 nitrogen and oxygen atoms in total. The van der Waals surface area contributed by atoms with E-state index in [2.05, 4.69) is 15.3 Å². The molecule has 0 saturated carbocycles. The molecule has 1 aromatic carbocycles. The Labute approximate surface area is 157 Å². The van der Waals surface area contributed by atoms with E-state index in [0.717, 1.165) is 24.4 Å². The summed E-state index contributed by atoms with van der Waals surface area (Å²) < 4.78 is 53.5. The monoisotopic (exact) mass is 397 g/mol. The predicted molar refractivity (Wildman–Crippen MR) is 98.3 cm³/mol. The SMILES string of the molecule is CCNc1cc(C)nc(N2CCN(S(=O)(=O)c3ccc(F)cc3F)CC2)n1. The van der Waals surface area contributed by atoms with Crippen molar-refractivity contribution in [1.82, 2.24) is 14.3 Å². The van der Waals surface area contributed by atoms with E-state index < -0.39 is 26.6 Å². The highest BCUT2D eigenvalue weighted by Gasteiger charge is 2.31. The minimum Gasteiger partial charge on any atom is -0.370 e. The van der Waals surface area contributed by atoms with Crippen LogP contribution in [0.25, 0.3) is 0 Å². The zero-order valence-corrected chi connectivity index (χ0v) is 15.9. The first-order valence-electron chi connectivity index (χ1n) is 8.61. The Kier molecular flexibility index (Phi) is 5.56. The number of benzene rings is 1. The average molecular weight is 397 g/mol. The van der Waals surface area contributed by atoms with Crippen LogP contribution in [0.2, 0.25) is 0 Å². The number of piperazine rings is 1. The Hall–Kier alpha value is -2.33. The zero-order valence-electron chi connectivity index (χ0n) is 15.1. The molecule has 1 aliphatic rings. The Morgan fingerprint density at radius 1 is 1.11 bits per heavy atom. The molecule has 1 fully saturated rings. The molecule has 1 aromatic heterocycles. The van der Waals surface area contributed by atoms with Gasteiger partial charge in [-0.25, -0.2) is 22.2 Å². The van der Waals surface area contributed by atoms with E-state index in [0.29, 0.717) is 30.9 Å². The molecule has 1 aliphatic heterocycles. The first-order valence-corrected chi connectivity index (χ1v) is 10.0. The fourth-order valence-electron chi connectivity index (χ4n) is 2.92. The number of hydrogen-bond acceptors (Lipinski definition) is 6. The van der Waals surface area contributed by atoms with Crippen molar-refractivity contribution in [3.05, 3.63) is 41.6 Å². The van der Waals surface area contributed by atoms with Gasteiger partial charge < -0.3 is 10.2 Å². The zero-order chi connectivity index (χ0) is 19.6. The maximum atomic E-state index is 13.9. The van der Waals surface area contributed by atoms with E-state index in [1.54, 1.807) is 0 Å². The molecule has 1 saturated heterocycles. The Morgan fingerprint density at radius 3 is 2.44 bits per heavy atom. The van der Waals surface area contributed by atoms with Crippen molar-refractivity contribution in [3.8, 4) is 0 Å². The highest BCUT2D eigenvalue weighted by Crippen LogP contribution is 2.23. The van der Waals surface area contributed by atoms with Gasteiger partial charge in [0.15, 0.2) is 0 Å². The van der Waals surface area contributed by atoms with Crippen LogP contribution in [0.4, 0.5) is 20.5 Å². The second kappa shape index (κ2) is 7.73. The molecule has 10 heteroatoms. The summed E-state index contributed by atoms with van der Waals surface area (Å²) >= 11 is 0. The number of halogens is 2. The minimum absolute atomic E-state index is 0.160. The summed E-state index contributed by atoms with van der Waals surface area (Å²) in [6.45, 7) is 5.62. The predicted octanol–water partition coefficient (Wildman–Crippen LogP) is 2.01. The summed E-state index contributed by atoms with van der Waals surface area (Å²) in [4.78, 5) is 10.2. The van der Waals surface area contributed by atoms with Crippen LogP contribution < -0.4 is 10.2 Å². The van der Waals surface area contributed by atoms with Gasteiger partial charge in [-0.3, -0.25) is 0 Å². The normalized spacial score (nSPS) is 15.8. The molecule has 3 rings (SSSR count). The van der Waals surface area contributed by atoms with Crippen molar-refractivity contribution >= 4 is 21.8 Å². The minimum atomic E-state index is -4.03. The number of sulfonamides is 1. The molecule has 2 heterocycles. The average Bonchev–Trinajstić information content (AvgIpc) is 2.61. The second-order valence-corrected chi connectivity index (χ2v) is 8.10. The Bertz CT molecular complexity index is 931. The number of aromatic nitrogens is 2. The van der Waals surface area contributed by atoms with Crippen LogP contribution in [0.1, 0.15) is 12.6 Å². The topological polar surface area (TPSA) is 78.4 Å². The van der Waals surface area contributed by atoms with E-state index >= 15 is 0 Å². The number of nitrogens with zero attached hydrogens (tertiary/aromatic N) is 4. The van der Waals surface area contributed by atoms with Gasteiger partial charge in [0.25, 0.3) is 0 Å². The largest absolute Gasteiger partial charge is 0.370 e. The molecular weight excluding hydrogens is 376 g/mol. The molecule has 1 N–H and O–H groups in total. The van der Waals surface area contributed by atoms with Gasteiger partial charge in [-0.2, -0.15) is 9.29 Å². The molecule has 146 valence electrons. The van der Waals surface area contributed by atoms with Crippen LogP contribution in [0, 0.1) is 18.6 Å². The standard InChI is InChI=1S/C17H21F2N5O2S/c1-3-20-16-10-12(2)21-17(22-16)23-6-8-24(9-7-23)27(25,26)15-5-4-13(18)11-14(15)19/h4-5,10-11H,3,6-9H2,1-2H3,(H,20,21,22). The molecule has 0 radical (unpaired) electrons. The van der Waals surface area contributed by atoms with Gasteiger partial charge in [0.05, 0.1) is 0 Å². The lowest BCUT2D eigenvalue weighted by Crippen LogP contribution is -2.49. The molecule has 2 aromatic rings. The van der Waals surface area contributed by atoms with E-state index in [1.807, 2.05) is 24.8 Å². The van der Waals surface area contributed by atoms with Crippen molar-refractivity contribution in [2.24, 2.45) is 0 Å². The van der Waals surface area contributed by atoms with Gasteiger partial charge in [-0.1, -0.05) is 0 Å². The Balaban J connectivity index is 1.75. The first kappa shape index (κ1) is 19.4. The molecule has 0 atom stereocenters. The number of hydrogen-bond donors (Lipinski definition) is 1. The lowest BCUT2D eigenvalue weighted by Gasteiger charge is -2.34.